The zero-order valence-corrected chi connectivity index (χ0v) is 9.35. The molecule has 1 saturated carbocycles. The molecule has 3 nitrogen and oxygen atoms in total. The maximum absolute atomic E-state index is 13.3. The molecule has 0 spiro atoms. The van der Waals surface area contributed by atoms with E-state index in [4.69, 9.17) is 11.6 Å². The van der Waals surface area contributed by atoms with Crippen LogP contribution in [0.5, 0.6) is 0 Å². The number of hydrogen-bond donors (Lipinski definition) is 2. The highest BCUT2D eigenvalue weighted by atomic mass is 35.5. The van der Waals surface area contributed by atoms with Crippen LogP contribution in [0.25, 0.3) is 0 Å². The van der Waals surface area contributed by atoms with Crippen molar-refractivity contribution >= 4 is 23.2 Å². The van der Waals surface area contributed by atoms with E-state index < -0.39 is 5.82 Å². The van der Waals surface area contributed by atoms with Gasteiger partial charge in [-0.1, -0.05) is 17.7 Å². The highest BCUT2D eigenvalue weighted by Crippen LogP contribution is 2.24. The highest BCUT2D eigenvalue weighted by Gasteiger charge is 2.23. The summed E-state index contributed by atoms with van der Waals surface area (Å²) in [5.41, 5.74) is 0.176. The van der Waals surface area contributed by atoms with E-state index >= 15 is 0 Å². The Morgan fingerprint density at radius 1 is 1.50 bits per heavy atom. The fourth-order valence-corrected chi connectivity index (χ4v) is 1.57. The van der Waals surface area contributed by atoms with Crippen molar-refractivity contribution in [1.82, 2.24) is 5.32 Å². The first kappa shape index (κ1) is 11.2. The minimum Gasteiger partial charge on any atom is -0.373 e. The minimum atomic E-state index is -0.452. The van der Waals surface area contributed by atoms with Gasteiger partial charge in [0.25, 0.3) is 0 Å². The van der Waals surface area contributed by atoms with Gasteiger partial charge in [-0.25, -0.2) is 4.39 Å². The van der Waals surface area contributed by atoms with Crippen molar-refractivity contribution < 1.29 is 9.18 Å². The minimum absolute atomic E-state index is 0.0388. The lowest BCUT2D eigenvalue weighted by atomic mass is 10.3. The van der Waals surface area contributed by atoms with Crippen molar-refractivity contribution in [3.8, 4) is 0 Å². The fourth-order valence-electron chi connectivity index (χ4n) is 1.34. The predicted octanol–water partition coefficient (Wildman–Crippen LogP) is 2.17. The topological polar surface area (TPSA) is 41.1 Å². The molecule has 1 fully saturated rings. The zero-order valence-electron chi connectivity index (χ0n) is 8.59. The van der Waals surface area contributed by atoms with Crippen molar-refractivity contribution in [3.05, 3.63) is 29.0 Å². The van der Waals surface area contributed by atoms with Crippen LogP contribution in [-0.4, -0.2) is 18.5 Å². The smallest absolute Gasteiger partial charge is 0.239 e. The van der Waals surface area contributed by atoms with Crippen molar-refractivity contribution in [2.45, 2.75) is 18.9 Å². The first-order valence-corrected chi connectivity index (χ1v) is 5.52. The summed E-state index contributed by atoms with van der Waals surface area (Å²) in [6.45, 7) is 0.0388. The molecule has 5 heteroatoms. The molecule has 0 heterocycles. The molecule has 1 aromatic carbocycles. The molecule has 86 valence electrons. The van der Waals surface area contributed by atoms with Crippen LogP contribution in [0.4, 0.5) is 10.1 Å². The molecule has 0 aliphatic heterocycles. The fraction of sp³-hybridized carbons (Fsp3) is 0.364. The zero-order chi connectivity index (χ0) is 11.5. The number of nitrogens with one attached hydrogen (secondary N) is 2. The van der Waals surface area contributed by atoms with Crippen LogP contribution in [0.15, 0.2) is 18.2 Å². The van der Waals surface area contributed by atoms with Gasteiger partial charge in [-0.3, -0.25) is 4.79 Å². The molecule has 1 amide bonds. The van der Waals surface area contributed by atoms with Crippen LogP contribution < -0.4 is 10.6 Å². The van der Waals surface area contributed by atoms with Gasteiger partial charge in [0, 0.05) is 6.04 Å². The monoisotopic (exact) mass is 242 g/mol. The molecule has 1 aliphatic rings. The molecule has 0 radical (unpaired) electrons. The Labute approximate surface area is 98.0 Å². The van der Waals surface area contributed by atoms with Gasteiger partial charge in [0.05, 0.1) is 17.3 Å². The standard InChI is InChI=1S/C11H12ClFN2O/c12-8-2-1-3-9(13)11(8)14-6-10(16)15-7-4-5-7/h1-3,7,14H,4-6H2,(H,15,16). The van der Waals surface area contributed by atoms with Gasteiger partial charge in [0.2, 0.25) is 5.91 Å². The Balaban J connectivity index is 1.90. The average Bonchev–Trinajstić information content (AvgIpc) is 3.01. The molecular weight excluding hydrogens is 231 g/mol. The number of carbonyl (C=O) groups excluding carboxylic acids is 1. The molecular formula is C11H12ClFN2O. The van der Waals surface area contributed by atoms with Gasteiger partial charge in [-0.2, -0.15) is 0 Å². The number of amides is 1. The molecule has 0 bridgehead atoms. The van der Waals surface area contributed by atoms with Crippen LogP contribution in [0.3, 0.4) is 0 Å². The third-order valence-corrected chi connectivity index (χ3v) is 2.65. The van der Waals surface area contributed by atoms with E-state index in [2.05, 4.69) is 10.6 Å². The molecule has 1 aromatic rings. The summed E-state index contributed by atoms with van der Waals surface area (Å²) in [4.78, 5) is 11.4. The Morgan fingerprint density at radius 3 is 2.88 bits per heavy atom. The van der Waals surface area contributed by atoms with E-state index in [9.17, 15) is 9.18 Å². The van der Waals surface area contributed by atoms with Crippen LogP contribution in [0.1, 0.15) is 12.8 Å². The van der Waals surface area contributed by atoms with Gasteiger partial charge >= 0.3 is 0 Å². The lowest BCUT2D eigenvalue weighted by molar-refractivity contribution is -0.119. The molecule has 2 rings (SSSR count). The SMILES string of the molecule is O=C(CNc1c(F)cccc1Cl)NC1CC1. The Hall–Kier alpha value is -1.29. The summed E-state index contributed by atoms with van der Waals surface area (Å²) in [7, 11) is 0. The normalized spacial score (nSPS) is 14.6. The number of rotatable bonds is 4. The van der Waals surface area contributed by atoms with E-state index in [1.165, 1.54) is 12.1 Å². The number of benzene rings is 1. The summed E-state index contributed by atoms with van der Waals surface area (Å²) < 4.78 is 13.3. The van der Waals surface area contributed by atoms with Crippen molar-refractivity contribution in [2.75, 3.05) is 11.9 Å². The Kier molecular flexibility index (Phi) is 3.29. The predicted molar refractivity (Wildman–Crippen MR) is 61.1 cm³/mol. The van der Waals surface area contributed by atoms with Gasteiger partial charge in [-0.05, 0) is 25.0 Å². The van der Waals surface area contributed by atoms with E-state index in [0.29, 0.717) is 6.04 Å². The van der Waals surface area contributed by atoms with E-state index in [0.717, 1.165) is 12.8 Å². The van der Waals surface area contributed by atoms with Crippen molar-refractivity contribution in [3.63, 3.8) is 0 Å². The number of hydrogen-bond acceptors (Lipinski definition) is 2. The van der Waals surface area contributed by atoms with Crippen molar-refractivity contribution in [1.29, 1.82) is 0 Å². The lowest BCUT2D eigenvalue weighted by Crippen LogP contribution is -2.31. The van der Waals surface area contributed by atoms with E-state index in [1.54, 1.807) is 6.07 Å². The quantitative estimate of drug-likeness (QED) is 0.850. The molecule has 0 saturated heterocycles. The van der Waals surface area contributed by atoms with E-state index in [-0.39, 0.29) is 23.2 Å². The largest absolute Gasteiger partial charge is 0.373 e. The first-order valence-electron chi connectivity index (χ1n) is 5.14. The summed E-state index contributed by atoms with van der Waals surface area (Å²) in [5.74, 6) is -0.589. The number of halogens is 2. The maximum Gasteiger partial charge on any atom is 0.239 e. The van der Waals surface area contributed by atoms with Crippen LogP contribution in [0.2, 0.25) is 5.02 Å². The van der Waals surface area contributed by atoms with Gasteiger partial charge in [-0.15, -0.1) is 0 Å². The highest BCUT2D eigenvalue weighted by molar-refractivity contribution is 6.33. The number of carbonyl (C=O) groups is 1. The lowest BCUT2D eigenvalue weighted by Gasteiger charge is -2.09. The van der Waals surface area contributed by atoms with Gasteiger partial charge < -0.3 is 10.6 Å². The summed E-state index contributed by atoms with van der Waals surface area (Å²) in [6, 6.07) is 4.71. The third kappa shape index (κ3) is 2.85. The second-order valence-electron chi connectivity index (χ2n) is 3.79. The van der Waals surface area contributed by atoms with E-state index in [1.807, 2.05) is 0 Å². The maximum atomic E-state index is 13.3. The van der Waals surface area contributed by atoms with Crippen LogP contribution >= 0.6 is 11.6 Å². The second kappa shape index (κ2) is 4.70. The van der Waals surface area contributed by atoms with Crippen LogP contribution in [0, 0.1) is 5.82 Å². The van der Waals surface area contributed by atoms with Gasteiger partial charge in [0.1, 0.15) is 5.82 Å². The summed E-state index contributed by atoms with van der Waals surface area (Å²) in [5, 5.41) is 5.77. The number of anilines is 1. The summed E-state index contributed by atoms with van der Waals surface area (Å²) >= 11 is 5.80. The average molecular weight is 243 g/mol. The second-order valence-corrected chi connectivity index (χ2v) is 4.20. The molecule has 16 heavy (non-hydrogen) atoms. The first-order chi connectivity index (χ1) is 7.66. The molecule has 2 N–H and O–H groups in total. The molecule has 0 atom stereocenters. The molecule has 1 aliphatic carbocycles. The third-order valence-electron chi connectivity index (χ3n) is 2.33. The Bertz CT molecular complexity index is 387. The summed E-state index contributed by atoms with van der Waals surface area (Å²) in [6.07, 6.45) is 2.07. The van der Waals surface area contributed by atoms with Crippen LogP contribution in [-0.2, 0) is 4.79 Å². The molecule has 0 aromatic heterocycles. The molecule has 0 unspecified atom stereocenters. The Morgan fingerprint density at radius 2 is 2.25 bits per heavy atom. The number of para-hydroxylation sites is 1. The van der Waals surface area contributed by atoms with Gasteiger partial charge in [0.15, 0.2) is 0 Å². The van der Waals surface area contributed by atoms with Crippen molar-refractivity contribution in [2.24, 2.45) is 0 Å².